The second-order valence-corrected chi connectivity index (χ2v) is 12.0. The molecule has 0 aromatic heterocycles. The molecule has 0 saturated carbocycles. The van der Waals surface area contributed by atoms with Crippen molar-refractivity contribution >= 4 is 43.1 Å². The number of rotatable bonds is 3. The van der Waals surface area contributed by atoms with Gasteiger partial charge in [-0.1, -0.05) is 127 Å². The van der Waals surface area contributed by atoms with Gasteiger partial charge in [-0.25, -0.2) is 0 Å². The van der Waals surface area contributed by atoms with Gasteiger partial charge in [0, 0.05) is 0 Å². The highest BCUT2D eigenvalue weighted by Crippen LogP contribution is 2.48. The van der Waals surface area contributed by atoms with Crippen molar-refractivity contribution in [2.75, 3.05) is 0 Å². The molecule has 0 atom stereocenters. The van der Waals surface area contributed by atoms with Crippen LogP contribution < -0.4 is 0 Å². The highest BCUT2D eigenvalue weighted by atomic mass is 14.2. The summed E-state index contributed by atoms with van der Waals surface area (Å²) >= 11 is 0. The number of benzene rings is 8. The van der Waals surface area contributed by atoms with Gasteiger partial charge in [0.05, 0.1) is 0 Å². The molecule has 204 valence electrons. The van der Waals surface area contributed by atoms with Crippen molar-refractivity contribution in [2.24, 2.45) is 0 Å². The van der Waals surface area contributed by atoms with Crippen LogP contribution >= 0.6 is 0 Å². The number of fused-ring (bicyclic) bond motifs is 4. The lowest BCUT2D eigenvalue weighted by Crippen LogP contribution is -1.95. The van der Waals surface area contributed by atoms with Gasteiger partial charge in [0.1, 0.15) is 0 Å². The third-order valence-corrected chi connectivity index (χ3v) is 9.16. The van der Waals surface area contributed by atoms with Crippen LogP contribution in [0, 0.1) is 20.8 Å². The molecular weight excluding hydrogens is 516 g/mol. The SMILES string of the molecule is Cc1ccc2c(-c3ccc4ccccc4c3)c3cc(C)c(C)cc3c(-c3cc4ccccc4cc3-c3ccccc3)c2c1. The van der Waals surface area contributed by atoms with Crippen LogP contribution in [-0.2, 0) is 0 Å². The van der Waals surface area contributed by atoms with Gasteiger partial charge in [0.2, 0.25) is 0 Å². The van der Waals surface area contributed by atoms with E-state index < -0.39 is 0 Å². The van der Waals surface area contributed by atoms with E-state index in [9.17, 15) is 0 Å². The van der Waals surface area contributed by atoms with E-state index in [0.29, 0.717) is 0 Å². The van der Waals surface area contributed by atoms with E-state index >= 15 is 0 Å². The average molecular weight is 549 g/mol. The molecule has 0 bridgehead atoms. The van der Waals surface area contributed by atoms with Crippen molar-refractivity contribution in [1.29, 1.82) is 0 Å². The smallest absolute Gasteiger partial charge is 0.00197 e. The van der Waals surface area contributed by atoms with Gasteiger partial charge in [-0.15, -0.1) is 0 Å². The predicted molar refractivity (Wildman–Crippen MR) is 187 cm³/mol. The Morgan fingerprint density at radius 3 is 1.58 bits per heavy atom. The first-order valence-electron chi connectivity index (χ1n) is 15.1. The minimum atomic E-state index is 1.24. The molecule has 0 aliphatic carbocycles. The van der Waals surface area contributed by atoms with E-state index in [2.05, 4.69) is 160 Å². The normalized spacial score (nSPS) is 11.6. The molecule has 0 amide bonds. The van der Waals surface area contributed by atoms with Crippen molar-refractivity contribution in [3.63, 3.8) is 0 Å². The molecule has 0 heteroatoms. The minimum Gasteiger partial charge on any atom is -0.0622 e. The zero-order valence-corrected chi connectivity index (χ0v) is 24.8. The lowest BCUT2D eigenvalue weighted by atomic mass is 9.81. The fraction of sp³-hybridized carbons (Fsp3) is 0.0698. The standard InChI is InChI=1S/C43H32/c1-27-17-20-36-38(21-27)43(41-26-34-16-10-9-15-33(34)25-37(41)31-12-5-4-6-13-31)40-23-29(3)28(2)22-39(40)42(36)35-19-18-30-11-7-8-14-32(30)24-35/h4-26H,1-3H3. The van der Waals surface area contributed by atoms with Crippen LogP contribution in [0.15, 0.2) is 140 Å². The summed E-state index contributed by atoms with van der Waals surface area (Å²) in [4.78, 5) is 0. The monoisotopic (exact) mass is 548 g/mol. The van der Waals surface area contributed by atoms with Crippen LogP contribution in [-0.4, -0.2) is 0 Å². The topological polar surface area (TPSA) is 0 Å². The summed E-state index contributed by atoms with van der Waals surface area (Å²) < 4.78 is 0. The third kappa shape index (κ3) is 4.22. The van der Waals surface area contributed by atoms with Gasteiger partial charge in [0.25, 0.3) is 0 Å². The summed E-state index contributed by atoms with van der Waals surface area (Å²) in [5.41, 5.74) is 11.5. The van der Waals surface area contributed by atoms with E-state index in [-0.39, 0.29) is 0 Å². The Balaban J connectivity index is 1.58. The zero-order chi connectivity index (χ0) is 29.1. The molecule has 8 rings (SSSR count). The zero-order valence-electron chi connectivity index (χ0n) is 24.8. The molecular formula is C43H32. The van der Waals surface area contributed by atoms with Crippen LogP contribution in [0.3, 0.4) is 0 Å². The van der Waals surface area contributed by atoms with Gasteiger partial charge >= 0.3 is 0 Å². The molecule has 43 heavy (non-hydrogen) atoms. The Labute approximate surface area is 252 Å². The summed E-state index contributed by atoms with van der Waals surface area (Å²) in [5.74, 6) is 0. The molecule has 0 heterocycles. The summed E-state index contributed by atoms with van der Waals surface area (Å²) in [7, 11) is 0. The Kier molecular flexibility index (Phi) is 5.91. The van der Waals surface area contributed by atoms with Crippen LogP contribution in [0.25, 0.3) is 76.5 Å². The molecule has 0 radical (unpaired) electrons. The van der Waals surface area contributed by atoms with Gasteiger partial charge < -0.3 is 0 Å². The van der Waals surface area contributed by atoms with E-state index in [1.54, 1.807) is 0 Å². The quantitative estimate of drug-likeness (QED) is 0.193. The molecule has 0 spiro atoms. The van der Waals surface area contributed by atoms with Crippen LogP contribution in [0.5, 0.6) is 0 Å². The molecule has 8 aromatic rings. The lowest BCUT2D eigenvalue weighted by Gasteiger charge is -2.22. The predicted octanol–water partition coefficient (Wildman–Crippen LogP) is 12.2. The maximum Gasteiger partial charge on any atom is -0.00197 e. The molecule has 0 fully saturated rings. The minimum absolute atomic E-state index is 1.24. The van der Waals surface area contributed by atoms with Crippen molar-refractivity contribution in [3.05, 3.63) is 156 Å². The fourth-order valence-corrected chi connectivity index (χ4v) is 6.85. The summed E-state index contributed by atoms with van der Waals surface area (Å²) in [6.45, 7) is 6.69. The number of hydrogen-bond acceptors (Lipinski definition) is 0. The van der Waals surface area contributed by atoms with Crippen molar-refractivity contribution < 1.29 is 0 Å². The molecule has 0 saturated heterocycles. The number of aryl methyl sites for hydroxylation is 3. The highest BCUT2D eigenvalue weighted by molar-refractivity contribution is 6.23. The van der Waals surface area contributed by atoms with Gasteiger partial charge in [-0.05, 0) is 127 Å². The third-order valence-electron chi connectivity index (χ3n) is 9.16. The Hall–Kier alpha value is -5.20. The van der Waals surface area contributed by atoms with Crippen molar-refractivity contribution in [2.45, 2.75) is 20.8 Å². The first kappa shape index (κ1) is 25.5. The second kappa shape index (κ2) is 9.96. The lowest BCUT2D eigenvalue weighted by molar-refractivity contribution is 1.37. The van der Waals surface area contributed by atoms with Crippen LogP contribution in [0.2, 0.25) is 0 Å². The summed E-state index contributed by atoms with van der Waals surface area (Å²) in [5, 5.41) is 10.2. The molecule has 0 aliphatic rings. The number of hydrogen-bond donors (Lipinski definition) is 0. The van der Waals surface area contributed by atoms with Crippen LogP contribution in [0.1, 0.15) is 16.7 Å². The molecule has 0 unspecified atom stereocenters. The summed E-state index contributed by atoms with van der Waals surface area (Å²) in [6.07, 6.45) is 0. The Bertz CT molecular complexity index is 2360. The highest BCUT2D eigenvalue weighted by Gasteiger charge is 2.21. The average Bonchev–Trinajstić information content (AvgIpc) is 3.04. The Morgan fingerprint density at radius 1 is 0.326 bits per heavy atom. The fourth-order valence-electron chi connectivity index (χ4n) is 6.85. The maximum atomic E-state index is 2.43. The first-order valence-corrected chi connectivity index (χ1v) is 15.1. The summed E-state index contributed by atoms with van der Waals surface area (Å²) in [6, 6.07) is 51.8. The Morgan fingerprint density at radius 2 is 0.884 bits per heavy atom. The van der Waals surface area contributed by atoms with Gasteiger partial charge in [0.15, 0.2) is 0 Å². The van der Waals surface area contributed by atoms with E-state index in [0.717, 1.165) is 0 Å². The van der Waals surface area contributed by atoms with Crippen molar-refractivity contribution in [3.8, 4) is 33.4 Å². The largest absolute Gasteiger partial charge is 0.0622 e. The van der Waals surface area contributed by atoms with E-state index in [1.807, 2.05) is 0 Å². The molecule has 0 N–H and O–H groups in total. The maximum absolute atomic E-state index is 2.43. The molecule has 8 aromatic carbocycles. The van der Waals surface area contributed by atoms with Gasteiger partial charge in [-0.3, -0.25) is 0 Å². The van der Waals surface area contributed by atoms with Crippen molar-refractivity contribution in [1.82, 2.24) is 0 Å². The molecule has 0 aliphatic heterocycles. The second-order valence-electron chi connectivity index (χ2n) is 12.0. The van der Waals surface area contributed by atoms with Gasteiger partial charge in [-0.2, -0.15) is 0 Å². The van der Waals surface area contributed by atoms with E-state index in [1.165, 1.54) is 93.2 Å². The van der Waals surface area contributed by atoms with Crippen LogP contribution in [0.4, 0.5) is 0 Å². The molecule has 0 nitrogen and oxygen atoms in total. The van der Waals surface area contributed by atoms with E-state index in [4.69, 9.17) is 0 Å². The first-order chi connectivity index (χ1) is 21.0.